The van der Waals surface area contributed by atoms with Gasteiger partial charge in [-0.25, -0.2) is 0 Å². The minimum atomic E-state index is -0.212. The highest BCUT2D eigenvalue weighted by Gasteiger charge is 2.65. The minimum Gasteiger partial charge on any atom is -0.458 e. The molecule has 1 heterocycles. The molecule has 5 rings (SSSR count). The Morgan fingerprint density at radius 2 is 1.88 bits per heavy atom. The lowest BCUT2D eigenvalue weighted by atomic mass is 9.50. The van der Waals surface area contributed by atoms with Gasteiger partial charge in [0.05, 0.1) is 0 Å². The van der Waals surface area contributed by atoms with Crippen LogP contribution in [0.25, 0.3) is 0 Å². The molecule has 3 unspecified atom stereocenters. The van der Waals surface area contributed by atoms with Crippen LogP contribution in [0.15, 0.2) is 23.3 Å². The second-order valence-electron chi connectivity index (χ2n) is 9.51. The lowest BCUT2D eigenvalue weighted by Crippen LogP contribution is -2.50. The summed E-state index contributed by atoms with van der Waals surface area (Å²) in [5, 5.41) is 0. The van der Waals surface area contributed by atoms with E-state index in [9.17, 15) is 9.59 Å². The number of allylic oxidation sites excluding steroid dienone is 4. The van der Waals surface area contributed by atoms with Gasteiger partial charge in [-0.15, -0.1) is 0 Å². The largest absolute Gasteiger partial charge is 0.458 e. The highest BCUT2D eigenvalue weighted by atomic mass is 16.6. The fraction of sp³-hybridized carbons (Fsp3) is 0.727. The number of hydrogen-bond acceptors (Lipinski definition) is 3. The number of rotatable bonds is 0. The number of ketones is 1. The number of hydrogen-bond donors (Lipinski definition) is 0. The molecule has 3 nitrogen and oxygen atoms in total. The molecule has 5 aliphatic rings. The van der Waals surface area contributed by atoms with Gasteiger partial charge in [-0.1, -0.05) is 31.1 Å². The number of fused-ring (bicyclic) bond motifs is 6. The SMILES string of the molecule is C[C@]12CCC(=O)C=C1CCC1C2=CC[C@@]2(C)C1CCC21CCC(=O)O1. The molecule has 0 amide bonds. The first-order valence-electron chi connectivity index (χ1n) is 10.0. The third-order valence-electron chi connectivity index (χ3n) is 8.67. The van der Waals surface area contributed by atoms with Crippen molar-refractivity contribution < 1.29 is 14.3 Å². The number of ether oxygens (including phenoxy) is 1. The third-order valence-corrected chi connectivity index (χ3v) is 8.67. The van der Waals surface area contributed by atoms with Crippen molar-refractivity contribution in [2.24, 2.45) is 22.7 Å². The van der Waals surface area contributed by atoms with E-state index in [1.807, 2.05) is 6.08 Å². The smallest absolute Gasteiger partial charge is 0.306 e. The normalized spacial score (nSPS) is 48.4. The van der Waals surface area contributed by atoms with Crippen LogP contribution in [-0.4, -0.2) is 17.4 Å². The van der Waals surface area contributed by atoms with E-state index in [0.29, 0.717) is 30.5 Å². The van der Waals surface area contributed by atoms with Gasteiger partial charge < -0.3 is 4.74 Å². The van der Waals surface area contributed by atoms with Crippen molar-refractivity contribution in [1.82, 2.24) is 0 Å². The van der Waals surface area contributed by atoms with E-state index in [2.05, 4.69) is 19.9 Å². The number of esters is 1. The zero-order valence-corrected chi connectivity index (χ0v) is 15.4. The summed E-state index contributed by atoms with van der Waals surface area (Å²) >= 11 is 0. The Morgan fingerprint density at radius 1 is 1.04 bits per heavy atom. The quantitative estimate of drug-likeness (QED) is 0.481. The van der Waals surface area contributed by atoms with E-state index in [0.717, 1.165) is 38.5 Å². The van der Waals surface area contributed by atoms with Crippen molar-refractivity contribution in [2.75, 3.05) is 0 Å². The molecule has 0 radical (unpaired) electrons. The Kier molecular flexibility index (Phi) is 3.08. The molecule has 2 saturated carbocycles. The maximum atomic E-state index is 11.9. The Balaban J connectivity index is 1.55. The molecule has 134 valence electrons. The van der Waals surface area contributed by atoms with Crippen LogP contribution >= 0.6 is 0 Å². The first kappa shape index (κ1) is 15.8. The van der Waals surface area contributed by atoms with E-state index < -0.39 is 0 Å². The zero-order chi connectivity index (χ0) is 17.4. The molecule has 1 saturated heterocycles. The molecule has 0 bridgehead atoms. The van der Waals surface area contributed by atoms with Crippen molar-refractivity contribution in [3.8, 4) is 0 Å². The zero-order valence-electron chi connectivity index (χ0n) is 15.4. The number of carbonyl (C=O) groups is 2. The Bertz CT molecular complexity index is 732. The first-order chi connectivity index (χ1) is 11.9. The van der Waals surface area contributed by atoms with E-state index in [4.69, 9.17) is 4.74 Å². The van der Waals surface area contributed by atoms with Crippen LogP contribution in [-0.2, 0) is 14.3 Å². The molecule has 1 aliphatic heterocycles. The van der Waals surface area contributed by atoms with Gasteiger partial charge >= 0.3 is 5.97 Å². The molecule has 5 atom stereocenters. The van der Waals surface area contributed by atoms with Gasteiger partial charge in [-0.05, 0) is 62.9 Å². The molecule has 0 N–H and O–H groups in total. The fourth-order valence-corrected chi connectivity index (χ4v) is 7.14. The molecule has 0 aromatic heterocycles. The van der Waals surface area contributed by atoms with E-state index in [1.165, 1.54) is 12.0 Å². The van der Waals surface area contributed by atoms with Gasteiger partial charge in [0.1, 0.15) is 5.60 Å². The van der Waals surface area contributed by atoms with Crippen molar-refractivity contribution in [3.63, 3.8) is 0 Å². The molecule has 0 aromatic rings. The molecule has 1 spiro atoms. The second-order valence-corrected chi connectivity index (χ2v) is 9.51. The highest BCUT2D eigenvalue weighted by molar-refractivity contribution is 5.92. The van der Waals surface area contributed by atoms with Gasteiger partial charge in [0.25, 0.3) is 0 Å². The second kappa shape index (κ2) is 4.86. The van der Waals surface area contributed by atoms with Crippen molar-refractivity contribution in [1.29, 1.82) is 0 Å². The summed E-state index contributed by atoms with van der Waals surface area (Å²) in [6.07, 6.45) is 13.1. The summed E-state index contributed by atoms with van der Waals surface area (Å²) in [4.78, 5) is 23.8. The fourth-order valence-electron chi connectivity index (χ4n) is 7.14. The van der Waals surface area contributed by atoms with Crippen molar-refractivity contribution in [3.05, 3.63) is 23.3 Å². The van der Waals surface area contributed by atoms with Crippen molar-refractivity contribution in [2.45, 2.75) is 77.2 Å². The Morgan fingerprint density at radius 3 is 2.64 bits per heavy atom. The lowest BCUT2D eigenvalue weighted by Gasteiger charge is -2.54. The van der Waals surface area contributed by atoms with Gasteiger partial charge in [-0.3, -0.25) is 9.59 Å². The number of carbonyl (C=O) groups excluding carboxylic acids is 2. The summed E-state index contributed by atoms with van der Waals surface area (Å²) in [6.45, 7) is 4.75. The van der Waals surface area contributed by atoms with Gasteiger partial charge in [0.15, 0.2) is 5.78 Å². The summed E-state index contributed by atoms with van der Waals surface area (Å²) in [5.41, 5.74) is 2.95. The van der Waals surface area contributed by atoms with Crippen LogP contribution < -0.4 is 0 Å². The molecule has 25 heavy (non-hydrogen) atoms. The van der Waals surface area contributed by atoms with Crippen molar-refractivity contribution >= 4 is 11.8 Å². The van der Waals surface area contributed by atoms with Crippen LogP contribution in [0.1, 0.15) is 71.6 Å². The maximum absolute atomic E-state index is 11.9. The minimum absolute atomic E-state index is 0.00303. The Labute approximate surface area is 149 Å². The Hall–Kier alpha value is -1.38. The van der Waals surface area contributed by atoms with Gasteiger partial charge in [0.2, 0.25) is 0 Å². The summed E-state index contributed by atoms with van der Waals surface area (Å²) in [6, 6.07) is 0. The average molecular weight is 340 g/mol. The van der Waals surface area contributed by atoms with E-state index >= 15 is 0 Å². The first-order valence-corrected chi connectivity index (χ1v) is 10.0. The third kappa shape index (κ3) is 1.88. The summed E-state index contributed by atoms with van der Waals surface area (Å²) < 4.78 is 5.98. The molecular formula is C22H28O3. The van der Waals surface area contributed by atoms with E-state index in [-0.39, 0.29) is 22.4 Å². The van der Waals surface area contributed by atoms with E-state index in [1.54, 1.807) is 5.57 Å². The molecule has 4 aliphatic carbocycles. The van der Waals surface area contributed by atoms with Gasteiger partial charge in [0, 0.05) is 23.7 Å². The van der Waals surface area contributed by atoms with Crippen LogP contribution in [0.4, 0.5) is 0 Å². The molecule has 0 aromatic carbocycles. The standard InChI is InChI=1S/C22H28O3/c1-20-9-5-15(23)13-14(20)3-4-16-17(20)6-10-21(2)18(16)7-11-22(21)12-8-19(24)25-22/h6,13,16,18H,3-5,7-12H2,1-2H3/t16?,18?,20-,21-,22?/m0/s1. The van der Waals surface area contributed by atoms with Crippen LogP contribution in [0.2, 0.25) is 0 Å². The summed E-state index contributed by atoms with van der Waals surface area (Å²) in [5.74, 6) is 1.54. The maximum Gasteiger partial charge on any atom is 0.306 e. The van der Waals surface area contributed by atoms with Crippen LogP contribution in [0.3, 0.4) is 0 Å². The van der Waals surface area contributed by atoms with Crippen LogP contribution in [0, 0.1) is 22.7 Å². The molecule has 3 heteroatoms. The average Bonchev–Trinajstić information content (AvgIpc) is 3.10. The molecule has 3 fully saturated rings. The van der Waals surface area contributed by atoms with Crippen LogP contribution in [0.5, 0.6) is 0 Å². The van der Waals surface area contributed by atoms with Gasteiger partial charge in [-0.2, -0.15) is 0 Å². The highest BCUT2D eigenvalue weighted by Crippen LogP contribution is 2.67. The summed E-state index contributed by atoms with van der Waals surface area (Å²) in [7, 11) is 0. The predicted molar refractivity (Wildman–Crippen MR) is 94.7 cm³/mol. The predicted octanol–water partition coefficient (Wildman–Crippen LogP) is 4.51. The molecular weight excluding hydrogens is 312 g/mol. The topological polar surface area (TPSA) is 43.4 Å². The lowest BCUT2D eigenvalue weighted by molar-refractivity contribution is -0.160. The monoisotopic (exact) mass is 340 g/mol.